The van der Waals surface area contributed by atoms with Gasteiger partial charge in [0.1, 0.15) is 12.4 Å². The van der Waals surface area contributed by atoms with Crippen LogP contribution in [0.4, 0.5) is 0 Å². The van der Waals surface area contributed by atoms with E-state index in [1.807, 2.05) is 0 Å². The van der Waals surface area contributed by atoms with Gasteiger partial charge in [0.2, 0.25) is 0 Å². The fourth-order valence-corrected chi connectivity index (χ4v) is 0.457. The molecule has 0 aromatic rings. The van der Waals surface area contributed by atoms with Crippen LogP contribution in [0.2, 0.25) is 0 Å². The molecule has 5 nitrogen and oxygen atoms in total. The fourth-order valence-electron chi connectivity index (χ4n) is 0.457. The molecule has 6 heteroatoms. The van der Waals surface area contributed by atoms with Crippen molar-refractivity contribution in [1.82, 2.24) is 0 Å². The van der Waals surface area contributed by atoms with E-state index in [1.165, 1.54) is 0 Å². The number of carbonyl (C=O) groups excluding carboxylic acids is 2. The van der Waals surface area contributed by atoms with Gasteiger partial charge in [-0.2, -0.15) is 0 Å². The number of aliphatic hydroxyl groups excluding tert-OH is 2. The minimum absolute atomic E-state index is 0. The molecule has 0 spiro atoms. The molecule has 1 unspecified atom stereocenters. The Labute approximate surface area is 112 Å². The summed E-state index contributed by atoms with van der Waals surface area (Å²) < 4.78 is 0. The Balaban J connectivity index is 0. The van der Waals surface area contributed by atoms with Gasteiger partial charge in [-0.25, -0.2) is 0 Å². The molecule has 2 N–H and O–H groups in total. The second kappa shape index (κ2) is 6.20. The smallest absolute Gasteiger partial charge is 0.547 e. The fraction of sp³-hybridized carbons (Fsp3) is 0.667. The van der Waals surface area contributed by atoms with Crippen LogP contribution in [0.25, 0.3) is 0 Å². The molecule has 2 atom stereocenters. The van der Waals surface area contributed by atoms with Gasteiger partial charge in [-0.05, 0) is 6.92 Å². The van der Waals surface area contributed by atoms with Crippen molar-refractivity contribution in [2.24, 2.45) is 5.41 Å². The van der Waals surface area contributed by atoms with E-state index in [0.717, 1.165) is 6.92 Å². The zero-order valence-electron chi connectivity index (χ0n) is 6.98. The number of hydrogen-bond acceptors (Lipinski definition) is 5. The number of carboxylic acid groups (broad SMARTS) is 1. The van der Waals surface area contributed by atoms with Crippen molar-refractivity contribution in [3.8, 4) is 0 Å². The van der Waals surface area contributed by atoms with Crippen LogP contribution >= 0.6 is 0 Å². The first-order valence-corrected chi connectivity index (χ1v) is 2.94. The van der Waals surface area contributed by atoms with E-state index in [-0.39, 0.29) is 57.7 Å². The molecule has 64 valence electrons. The Bertz CT molecular complexity index is 171. The number of aliphatic hydroxyl groups is 2. The summed E-state index contributed by atoms with van der Waals surface area (Å²) in [7, 11) is 0. The molecular weight excluding hydrogens is 191 g/mol. The molecule has 12 heavy (non-hydrogen) atoms. The molecule has 0 radical (unpaired) electrons. The van der Waals surface area contributed by atoms with E-state index in [2.05, 4.69) is 0 Å². The summed E-state index contributed by atoms with van der Waals surface area (Å²) in [5.41, 5.74) is -1.67. The number of aliphatic carboxylic acids is 1. The van der Waals surface area contributed by atoms with Gasteiger partial charge in [0.05, 0.1) is 18.0 Å². The second-order valence-corrected chi connectivity index (χ2v) is 2.50. The largest absolute Gasteiger partial charge is 1.00 e. The molecule has 0 amide bonds. The quantitative estimate of drug-likeness (QED) is 0.348. The van der Waals surface area contributed by atoms with Crippen molar-refractivity contribution in [2.75, 3.05) is 6.61 Å². The van der Waals surface area contributed by atoms with Crippen molar-refractivity contribution in [3.05, 3.63) is 0 Å². The normalized spacial score (nSPS) is 16.9. The van der Waals surface area contributed by atoms with E-state index in [0.29, 0.717) is 0 Å². The first-order chi connectivity index (χ1) is 4.98. The molecule has 0 aromatic carbocycles. The van der Waals surface area contributed by atoms with Gasteiger partial charge in [-0.15, -0.1) is 0 Å². The van der Waals surface area contributed by atoms with Gasteiger partial charge < -0.3 is 24.9 Å². The monoisotopic (exact) mass is 200 g/mol. The van der Waals surface area contributed by atoms with Crippen LogP contribution < -0.4 is 56.5 Å². The summed E-state index contributed by atoms with van der Waals surface area (Å²) in [5, 5.41) is 27.3. The zero-order chi connectivity index (χ0) is 9.07. The molecule has 0 aliphatic rings. The van der Waals surface area contributed by atoms with Crippen LogP contribution in [0.15, 0.2) is 0 Å². The van der Waals surface area contributed by atoms with Gasteiger partial charge in [-0.1, -0.05) is 0 Å². The minimum Gasteiger partial charge on any atom is -0.547 e. The maximum atomic E-state index is 10.2. The molecule has 0 bridgehead atoms. The summed E-state index contributed by atoms with van der Waals surface area (Å²) in [6.45, 7) is 0.395. The third kappa shape index (κ3) is 3.61. The molecular formula is C6H9KO5. The Morgan fingerprint density at radius 1 is 1.75 bits per heavy atom. The SMILES string of the molecule is CC(C=O)(CO)[C@@H](O)C(=O)[O-].[K+]. The standard InChI is InChI=1S/C6H10O5.K/c1-6(2-7,3-8)4(9)5(10)11;/h2,4,8-9H,3H2,1H3,(H,10,11);/q;+1/p-1/t4-,6?;/m0./s1. The van der Waals surface area contributed by atoms with Gasteiger partial charge in [0.25, 0.3) is 0 Å². The van der Waals surface area contributed by atoms with Crippen LogP contribution in [0.3, 0.4) is 0 Å². The summed E-state index contributed by atoms with van der Waals surface area (Å²) in [6, 6.07) is 0. The predicted octanol–water partition coefficient (Wildman–Crippen LogP) is -5.70. The number of aldehydes is 1. The Morgan fingerprint density at radius 2 is 2.17 bits per heavy atom. The summed E-state index contributed by atoms with van der Waals surface area (Å²) >= 11 is 0. The summed E-state index contributed by atoms with van der Waals surface area (Å²) in [5.74, 6) is -1.77. The molecule has 0 rings (SSSR count). The third-order valence-electron chi connectivity index (χ3n) is 1.46. The van der Waals surface area contributed by atoms with Gasteiger partial charge >= 0.3 is 51.4 Å². The Kier molecular flexibility index (Phi) is 7.84. The van der Waals surface area contributed by atoms with Crippen LogP contribution in [-0.4, -0.2) is 35.2 Å². The number of hydrogen-bond donors (Lipinski definition) is 2. The van der Waals surface area contributed by atoms with Crippen LogP contribution in [-0.2, 0) is 9.59 Å². The molecule has 0 saturated carbocycles. The first kappa shape index (κ1) is 15.2. The van der Waals surface area contributed by atoms with E-state index < -0.39 is 24.1 Å². The van der Waals surface area contributed by atoms with E-state index in [9.17, 15) is 14.7 Å². The average molecular weight is 200 g/mol. The predicted molar refractivity (Wildman–Crippen MR) is 32.3 cm³/mol. The summed E-state index contributed by atoms with van der Waals surface area (Å²) in [4.78, 5) is 20.2. The van der Waals surface area contributed by atoms with E-state index >= 15 is 0 Å². The maximum absolute atomic E-state index is 10.2. The van der Waals surface area contributed by atoms with Gasteiger partial charge in [0.15, 0.2) is 0 Å². The zero-order valence-corrected chi connectivity index (χ0v) is 10.1. The van der Waals surface area contributed by atoms with Gasteiger partial charge in [-0.3, -0.25) is 0 Å². The van der Waals surface area contributed by atoms with Crippen molar-refractivity contribution in [1.29, 1.82) is 0 Å². The Morgan fingerprint density at radius 3 is 2.25 bits per heavy atom. The summed E-state index contributed by atoms with van der Waals surface area (Å²) in [6.07, 6.45) is -1.78. The van der Waals surface area contributed by atoms with Crippen LogP contribution in [0, 0.1) is 5.41 Å². The Hall–Kier alpha value is 0.696. The molecule has 0 fully saturated rings. The molecule has 0 heterocycles. The number of rotatable bonds is 4. The van der Waals surface area contributed by atoms with Gasteiger partial charge in [0, 0.05) is 0 Å². The maximum Gasteiger partial charge on any atom is 1.00 e. The topological polar surface area (TPSA) is 97.7 Å². The van der Waals surface area contributed by atoms with Crippen molar-refractivity contribution in [2.45, 2.75) is 13.0 Å². The molecule has 0 aromatic heterocycles. The van der Waals surface area contributed by atoms with Crippen molar-refractivity contribution < 1.29 is 76.3 Å². The average Bonchev–Trinajstić information content (AvgIpc) is 2.01. The first-order valence-electron chi connectivity index (χ1n) is 2.94. The molecule has 0 aliphatic heterocycles. The third-order valence-corrected chi connectivity index (χ3v) is 1.46. The van der Waals surface area contributed by atoms with Crippen LogP contribution in [0.1, 0.15) is 6.92 Å². The van der Waals surface area contributed by atoms with Crippen LogP contribution in [0.5, 0.6) is 0 Å². The van der Waals surface area contributed by atoms with Crippen molar-refractivity contribution >= 4 is 12.3 Å². The molecule has 0 saturated heterocycles. The van der Waals surface area contributed by atoms with E-state index in [4.69, 9.17) is 10.2 Å². The van der Waals surface area contributed by atoms with E-state index in [1.54, 1.807) is 0 Å². The second-order valence-electron chi connectivity index (χ2n) is 2.50. The minimum atomic E-state index is -1.97. The number of carbonyl (C=O) groups is 2. The van der Waals surface area contributed by atoms with Crippen molar-refractivity contribution in [3.63, 3.8) is 0 Å². The number of carboxylic acids is 1. The molecule has 0 aliphatic carbocycles.